The molecule has 0 spiro atoms. The van der Waals surface area contributed by atoms with Crippen LogP contribution in [0, 0.1) is 5.41 Å². The first-order valence-corrected chi connectivity index (χ1v) is 5.42. The Morgan fingerprint density at radius 2 is 1.94 bits per heavy atom. The molecule has 0 bridgehead atoms. The molecular weight excluding hydrogens is 210 g/mol. The molecule has 3 aromatic rings. The van der Waals surface area contributed by atoms with Crippen LogP contribution in [0.5, 0.6) is 0 Å². The number of fused-ring (bicyclic) bond motifs is 1. The van der Waals surface area contributed by atoms with Crippen molar-refractivity contribution in [3.63, 3.8) is 0 Å². The Morgan fingerprint density at radius 1 is 1.12 bits per heavy atom. The third-order valence-electron chi connectivity index (χ3n) is 2.76. The van der Waals surface area contributed by atoms with Gasteiger partial charge in [-0.05, 0) is 12.1 Å². The number of benzene rings is 1. The molecule has 0 unspecified atom stereocenters. The van der Waals surface area contributed by atoms with Crippen LogP contribution in [-0.2, 0) is 0 Å². The molecule has 0 saturated heterocycles. The highest BCUT2D eigenvalue weighted by molar-refractivity contribution is 6.11. The Bertz CT molecular complexity index is 635. The van der Waals surface area contributed by atoms with Gasteiger partial charge in [0.15, 0.2) is 0 Å². The maximum Gasteiger partial charge on any atom is 0.0847 e. The van der Waals surface area contributed by atoms with Crippen molar-refractivity contribution in [1.29, 1.82) is 5.41 Å². The van der Waals surface area contributed by atoms with Crippen LogP contribution in [0.4, 0.5) is 0 Å². The highest BCUT2D eigenvalue weighted by Crippen LogP contribution is 2.16. The molecular formula is C14H11N3. The highest BCUT2D eigenvalue weighted by Gasteiger charge is 2.07. The van der Waals surface area contributed by atoms with Crippen molar-refractivity contribution in [2.45, 2.75) is 0 Å². The van der Waals surface area contributed by atoms with Crippen LogP contribution in [-0.4, -0.2) is 15.7 Å². The summed E-state index contributed by atoms with van der Waals surface area (Å²) in [7, 11) is 0. The van der Waals surface area contributed by atoms with Crippen molar-refractivity contribution in [2.75, 3.05) is 0 Å². The van der Waals surface area contributed by atoms with Crippen LogP contribution in [0.3, 0.4) is 0 Å². The second-order valence-electron chi connectivity index (χ2n) is 3.89. The van der Waals surface area contributed by atoms with Crippen molar-refractivity contribution in [3.8, 4) is 0 Å². The number of H-pyrrole nitrogens is 1. The number of rotatable bonds is 2. The number of nitrogens with zero attached hydrogens (tertiary/aromatic N) is 1. The maximum atomic E-state index is 8.15. The third kappa shape index (κ3) is 1.72. The van der Waals surface area contributed by atoms with Gasteiger partial charge in [0.25, 0.3) is 0 Å². The van der Waals surface area contributed by atoms with E-state index in [1.165, 1.54) is 0 Å². The zero-order valence-corrected chi connectivity index (χ0v) is 9.14. The number of nitrogens with one attached hydrogen (secondary N) is 2. The number of pyridine rings is 1. The molecule has 0 fully saturated rings. The van der Waals surface area contributed by atoms with Gasteiger partial charge in [0.05, 0.1) is 23.1 Å². The molecule has 17 heavy (non-hydrogen) atoms. The first-order valence-electron chi connectivity index (χ1n) is 5.42. The maximum absolute atomic E-state index is 8.15. The Morgan fingerprint density at radius 3 is 2.71 bits per heavy atom. The summed E-state index contributed by atoms with van der Waals surface area (Å²) in [5.74, 6) is 0. The quantitative estimate of drug-likeness (QED) is 0.642. The molecule has 3 heteroatoms. The van der Waals surface area contributed by atoms with E-state index >= 15 is 0 Å². The molecule has 0 atom stereocenters. The largest absolute Gasteiger partial charge is 0.352 e. The Kier molecular flexibility index (Phi) is 2.22. The van der Waals surface area contributed by atoms with Gasteiger partial charge < -0.3 is 4.98 Å². The van der Waals surface area contributed by atoms with Crippen molar-refractivity contribution in [1.82, 2.24) is 9.97 Å². The molecule has 2 aromatic heterocycles. The predicted octanol–water partition coefficient (Wildman–Crippen LogP) is 2.98. The van der Waals surface area contributed by atoms with E-state index in [-0.39, 0.29) is 0 Å². The minimum Gasteiger partial charge on any atom is -0.352 e. The SMILES string of the molecule is N=C(c1ccccc1)c1cc2ccncc2[nH]1. The van der Waals surface area contributed by atoms with Crippen LogP contribution in [0.25, 0.3) is 10.9 Å². The summed E-state index contributed by atoms with van der Waals surface area (Å²) >= 11 is 0. The topological polar surface area (TPSA) is 52.5 Å². The molecule has 0 radical (unpaired) electrons. The van der Waals surface area contributed by atoms with E-state index in [4.69, 9.17) is 5.41 Å². The summed E-state index contributed by atoms with van der Waals surface area (Å²) in [6.07, 6.45) is 3.53. The first kappa shape index (κ1) is 9.78. The van der Waals surface area contributed by atoms with E-state index in [1.807, 2.05) is 42.5 Å². The predicted molar refractivity (Wildman–Crippen MR) is 68.5 cm³/mol. The second kappa shape index (κ2) is 3.87. The van der Waals surface area contributed by atoms with Crippen LogP contribution in [0.2, 0.25) is 0 Å². The fraction of sp³-hybridized carbons (Fsp3) is 0. The molecule has 0 amide bonds. The fourth-order valence-corrected chi connectivity index (χ4v) is 1.87. The smallest absolute Gasteiger partial charge is 0.0847 e. The van der Waals surface area contributed by atoms with E-state index < -0.39 is 0 Å². The Labute approximate surface area is 98.6 Å². The molecule has 1 aromatic carbocycles. The normalized spacial score (nSPS) is 10.6. The zero-order valence-electron chi connectivity index (χ0n) is 9.14. The lowest BCUT2D eigenvalue weighted by Crippen LogP contribution is -2.00. The Balaban J connectivity index is 2.07. The Hall–Kier alpha value is -2.42. The summed E-state index contributed by atoms with van der Waals surface area (Å²) in [5, 5.41) is 9.23. The lowest BCUT2D eigenvalue weighted by molar-refractivity contribution is 1.32. The minimum atomic E-state index is 0.502. The van der Waals surface area contributed by atoms with Crippen molar-refractivity contribution < 1.29 is 0 Å². The highest BCUT2D eigenvalue weighted by atomic mass is 14.8. The monoisotopic (exact) mass is 221 g/mol. The molecule has 2 heterocycles. The molecule has 2 N–H and O–H groups in total. The lowest BCUT2D eigenvalue weighted by atomic mass is 10.1. The zero-order chi connectivity index (χ0) is 11.7. The van der Waals surface area contributed by atoms with Crippen LogP contribution in [0.1, 0.15) is 11.3 Å². The molecule has 3 rings (SSSR count). The third-order valence-corrected chi connectivity index (χ3v) is 2.76. The number of aromatic nitrogens is 2. The van der Waals surface area contributed by atoms with Crippen LogP contribution in [0.15, 0.2) is 54.9 Å². The molecule has 0 saturated carbocycles. The van der Waals surface area contributed by atoms with E-state index in [0.717, 1.165) is 22.2 Å². The van der Waals surface area contributed by atoms with Gasteiger partial charge in [0.1, 0.15) is 0 Å². The van der Waals surface area contributed by atoms with E-state index in [2.05, 4.69) is 9.97 Å². The van der Waals surface area contributed by atoms with Crippen molar-refractivity contribution in [3.05, 3.63) is 66.1 Å². The van der Waals surface area contributed by atoms with Crippen LogP contribution < -0.4 is 0 Å². The van der Waals surface area contributed by atoms with E-state index in [0.29, 0.717) is 5.71 Å². The van der Waals surface area contributed by atoms with Gasteiger partial charge in [-0.2, -0.15) is 0 Å². The summed E-state index contributed by atoms with van der Waals surface area (Å²) in [6, 6.07) is 13.6. The molecule has 82 valence electrons. The van der Waals surface area contributed by atoms with Gasteiger partial charge >= 0.3 is 0 Å². The van der Waals surface area contributed by atoms with Gasteiger partial charge in [-0.3, -0.25) is 10.4 Å². The van der Waals surface area contributed by atoms with Crippen LogP contribution >= 0.6 is 0 Å². The second-order valence-corrected chi connectivity index (χ2v) is 3.89. The van der Waals surface area contributed by atoms with Gasteiger partial charge in [-0.15, -0.1) is 0 Å². The summed E-state index contributed by atoms with van der Waals surface area (Å²) in [6.45, 7) is 0. The molecule has 0 aliphatic heterocycles. The lowest BCUT2D eigenvalue weighted by Gasteiger charge is -2.00. The summed E-state index contributed by atoms with van der Waals surface area (Å²) < 4.78 is 0. The summed E-state index contributed by atoms with van der Waals surface area (Å²) in [4.78, 5) is 7.26. The molecule has 0 aliphatic rings. The number of hydrogen-bond acceptors (Lipinski definition) is 2. The van der Waals surface area contributed by atoms with Crippen molar-refractivity contribution >= 4 is 16.6 Å². The average Bonchev–Trinajstić information content (AvgIpc) is 2.82. The minimum absolute atomic E-state index is 0.502. The van der Waals surface area contributed by atoms with Gasteiger partial charge in [0.2, 0.25) is 0 Å². The first-order chi connectivity index (χ1) is 8.34. The molecule has 3 nitrogen and oxygen atoms in total. The van der Waals surface area contributed by atoms with Crippen molar-refractivity contribution in [2.24, 2.45) is 0 Å². The van der Waals surface area contributed by atoms with Gasteiger partial charge in [0, 0.05) is 17.1 Å². The van der Waals surface area contributed by atoms with Gasteiger partial charge in [-0.25, -0.2) is 0 Å². The number of aromatic amines is 1. The molecule has 0 aliphatic carbocycles. The van der Waals surface area contributed by atoms with E-state index in [1.54, 1.807) is 12.4 Å². The fourth-order valence-electron chi connectivity index (χ4n) is 1.87. The number of hydrogen-bond donors (Lipinski definition) is 2. The summed E-state index contributed by atoms with van der Waals surface area (Å²) in [5.41, 5.74) is 3.19. The standard InChI is InChI=1S/C14H11N3/c15-14(10-4-2-1-3-5-10)12-8-11-6-7-16-9-13(11)17-12/h1-9,15,17H. The van der Waals surface area contributed by atoms with E-state index in [9.17, 15) is 0 Å². The van der Waals surface area contributed by atoms with Gasteiger partial charge in [-0.1, -0.05) is 30.3 Å². The average molecular weight is 221 g/mol.